The lowest BCUT2D eigenvalue weighted by molar-refractivity contribution is -0.117. The summed E-state index contributed by atoms with van der Waals surface area (Å²) in [5, 5.41) is 13.1. The van der Waals surface area contributed by atoms with Crippen molar-refractivity contribution in [3.05, 3.63) is 83.9 Å². The van der Waals surface area contributed by atoms with Gasteiger partial charge in [0.05, 0.1) is 47.5 Å². The molecule has 1 unspecified atom stereocenters. The first kappa shape index (κ1) is 23.3. The van der Waals surface area contributed by atoms with Gasteiger partial charge in [0.15, 0.2) is 10.9 Å². The monoisotopic (exact) mass is 549 g/mol. The van der Waals surface area contributed by atoms with E-state index in [1.165, 1.54) is 27.6 Å². The van der Waals surface area contributed by atoms with Crippen molar-refractivity contribution in [2.45, 2.75) is 19.9 Å². The van der Waals surface area contributed by atoms with Gasteiger partial charge in [-0.05, 0) is 49.7 Å². The first-order valence-corrected chi connectivity index (χ1v) is 12.7. The third-order valence-corrected chi connectivity index (χ3v) is 8.43. The Morgan fingerprint density at radius 1 is 1.03 bits per heavy atom. The zero-order valence-corrected chi connectivity index (χ0v) is 21.5. The van der Waals surface area contributed by atoms with Crippen LogP contribution in [0.4, 0.5) is 5.13 Å². The van der Waals surface area contributed by atoms with Crippen LogP contribution in [-0.4, -0.2) is 26.8 Å². The molecule has 0 aliphatic carbocycles. The molecule has 0 spiro atoms. The normalized spacial score (nSPS) is 16.2. The number of rotatable bonds is 4. The first-order valence-electron chi connectivity index (χ1n) is 9.92. The number of benzene rings is 2. The summed E-state index contributed by atoms with van der Waals surface area (Å²) in [5.74, 6) is -1.84. The Bertz CT molecular complexity index is 1540. The van der Waals surface area contributed by atoms with Crippen LogP contribution in [0.3, 0.4) is 0 Å². The first-order chi connectivity index (χ1) is 16.2. The van der Waals surface area contributed by atoms with Gasteiger partial charge < -0.3 is 5.11 Å². The molecule has 5 rings (SSSR count). The van der Waals surface area contributed by atoms with E-state index >= 15 is 0 Å². The minimum atomic E-state index is -0.965. The summed E-state index contributed by atoms with van der Waals surface area (Å²) in [7, 11) is 0. The Balaban J connectivity index is 1.71. The molecular formula is C23H14Cl3N3O3S2. The van der Waals surface area contributed by atoms with E-state index in [9.17, 15) is 14.7 Å². The maximum atomic E-state index is 13.6. The number of ketones is 1. The Morgan fingerprint density at radius 3 is 2.47 bits per heavy atom. The maximum Gasteiger partial charge on any atom is 0.296 e. The summed E-state index contributed by atoms with van der Waals surface area (Å²) in [6.45, 7) is 3.51. The molecule has 0 saturated heterocycles. The summed E-state index contributed by atoms with van der Waals surface area (Å²) in [5.41, 5.74) is 1.61. The van der Waals surface area contributed by atoms with Crippen molar-refractivity contribution in [3.63, 3.8) is 0 Å². The van der Waals surface area contributed by atoms with E-state index in [0.717, 1.165) is 4.70 Å². The second-order valence-corrected chi connectivity index (χ2v) is 11.1. The van der Waals surface area contributed by atoms with Gasteiger partial charge in [-0.1, -0.05) is 52.2 Å². The summed E-state index contributed by atoms with van der Waals surface area (Å²) >= 11 is 20.9. The average molecular weight is 551 g/mol. The van der Waals surface area contributed by atoms with Crippen LogP contribution in [0.1, 0.15) is 32.0 Å². The minimum Gasteiger partial charge on any atom is -0.503 e. The van der Waals surface area contributed by atoms with E-state index < -0.39 is 23.5 Å². The third-order valence-electron chi connectivity index (χ3n) is 5.37. The van der Waals surface area contributed by atoms with Crippen molar-refractivity contribution in [1.82, 2.24) is 9.97 Å². The number of anilines is 1. The van der Waals surface area contributed by atoms with Crippen molar-refractivity contribution in [2.24, 2.45) is 0 Å². The molecule has 11 heteroatoms. The highest BCUT2D eigenvalue weighted by Crippen LogP contribution is 2.45. The molecule has 172 valence electrons. The van der Waals surface area contributed by atoms with E-state index in [0.29, 0.717) is 41.8 Å². The lowest BCUT2D eigenvalue weighted by atomic mass is 9.95. The molecule has 0 bridgehead atoms. The van der Waals surface area contributed by atoms with Crippen LogP contribution in [0.2, 0.25) is 15.1 Å². The van der Waals surface area contributed by atoms with Gasteiger partial charge in [0.25, 0.3) is 5.91 Å². The number of hydrogen-bond acceptors (Lipinski definition) is 7. The quantitative estimate of drug-likeness (QED) is 0.274. The highest BCUT2D eigenvalue weighted by molar-refractivity contribution is 7.22. The molecule has 1 N–H and O–H groups in total. The van der Waals surface area contributed by atoms with Crippen LogP contribution in [-0.2, 0) is 4.79 Å². The van der Waals surface area contributed by atoms with Crippen molar-refractivity contribution >= 4 is 84.5 Å². The van der Waals surface area contributed by atoms with E-state index in [2.05, 4.69) is 9.97 Å². The number of aromatic nitrogens is 2. The minimum absolute atomic E-state index is 0.0626. The fraction of sp³-hybridized carbons (Fsp3) is 0.130. The molecule has 0 saturated carbocycles. The van der Waals surface area contributed by atoms with Crippen molar-refractivity contribution in [3.8, 4) is 0 Å². The van der Waals surface area contributed by atoms with Gasteiger partial charge in [0.2, 0.25) is 5.78 Å². The molecule has 3 heterocycles. The fourth-order valence-corrected chi connectivity index (χ4v) is 6.33. The van der Waals surface area contributed by atoms with E-state index in [4.69, 9.17) is 34.8 Å². The van der Waals surface area contributed by atoms with Gasteiger partial charge in [-0.2, -0.15) is 0 Å². The Morgan fingerprint density at radius 2 is 1.79 bits per heavy atom. The van der Waals surface area contributed by atoms with Gasteiger partial charge in [-0.25, -0.2) is 9.97 Å². The lowest BCUT2D eigenvalue weighted by Gasteiger charge is -2.24. The number of carbonyl (C=O) groups excluding carboxylic acids is 2. The van der Waals surface area contributed by atoms with Gasteiger partial charge in [-0.3, -0.25) is 14.5 Å². The molecule has 34 heavy (non-hydrogen) atoms. The number of nitrogens with zero attached hydrogens (tertiary/aromatic N) is 3. The summed E-state index contributed by atoms with van der Waals surface area (Å²) in [6, 6.07) is 9.06. The Labute approximate surface area is 217 Å². The summed E-state index contributed by atoms with van der Waals surface area (Å²) in [6.07, 6.45) is 0. The van der Waals surface area contributed by atoms with E-state index in [1.54, 1.807) is 50.2 Å². The molecule has 2 aromatic heterocycles. The average Bonchev–Trinajstić information content (AvgIpc) is 3.43. The van der Waals surface area contributed by atoms with Gasteiger partial charge in [-0.15, -0.1) is 11.3 Å². The highest BCUT2D eigenvalue weighted by atomic mass is 35.5. The van der Waals surface area contributed by atoms with Crippen LogP contribution in [0.25, 0.3) is 10.2 Å². The SMILES string of the molecule is Cc1nc(C)c(C(=O)C2=C(O)C(=O)N(c3nc4ccc(Cl)cc4s3)C2c2ccc(Cl)c(Cl)c2)s1. The van der Waals surface area contributed by atoms with Crippen molar-refractivity contribution < 1.29 is 14.7 Å². The Kier molecular flexibility index (Phi) is 5.90. The predicted molar refractivity (Wildman–Crippen MR) is 137 cm³/mol. The molecule has 2 aromatic carbocycles. The molecule has 0 fully saturated rings. The summed E-state index contributed by atoms with van der Waals surface area (Å²) in [4.78, 5) is 37.6. The number of carbonyl (C=O) groups is 2. The lowest BCUT2D eigenvalue weighted by Crippen LogP contribution is -2.31. The number of thiazole rings is 2. The number of Topliss-reactive ketones (excluding diaryl/α,β-unsaturated/α-hetero) is 1. The molecule has 0 radical (unpaired) electrons. The van der Waals surface area contributed by atoms with Gasteiger partial charge in [0, 0.05) is 5.02 Å². The Hall–Kier alpha value is -2.49. The van der Waals surface area contributed by atoms with Crippen LogP contribution in [0.5, 0.6) is 0 Å². The molecular weight excluding hydrogens is 537 g/mol. The third kappa shape index (κ3) is 3.79. The molecule has 4 aromatic rings. The fourth-order valence-electron chi connectivity index (χ4n) is 3.89. The molecule has 1 atom stereocenters. The number of aliphatic hydroxyl groups is 1. The van der Waals surface area contributed by atoms with Crippen LogP contribution in [0, 0.1) is 13.8 Å². The number of aryl methyl sites for hydroxylation is 2. The second kappa shape index (κ2) is 8.62. The molecule has 6 nitrogen and oxygen atoms in total. The molecule has 1 aliphatic rings. The van der Waals surface area contributed by atoms with Crippen LogP contribution >= 0.6 is 57.5 Å². The highest BCUT2D eigenvalue weighted by Gasteiger charge is 2.46. The van der Waals surface area contributed by atoms with Crippen molar-refractivity contribution in [2.75, 3.05) is 4.90 Å². The summed E-state index contributed by atoms with van der Waals surface area (Å²) < 4.78 is 0.761. The smallest absolute Gasteiger partial charge is 0.296 e. The van der Waals surface area contributed by atoms with E-state index in [-0.39, 0.29) is 10.6 Å². The van der Waals surface area contributed by atoms with Crippen molar-refractivity contribution in [1.29, 1.82) is 0 Å². The van der Waals surface area contributed by atoms with Crippen LogP contribution in [0.15, 0.2) is 47.7 Å². The standard InChI is InChI=1S/C23H14Cl3N3O3S2/c1-9-21(33-10(2)27-9)19(30)17-18(11-3-5-13(25)14(26)7-11)29(22(32)20(17)31)23-28-15-6-4-12(24)8-16(15)34-23/h3-8,18,31H,1-2H3. The van der Waals surface area contributed by atoms with Gasteiger partial charge in [0.1, 0.15) is 0 Å². The number of hydrogen-bond donors (Lipinski definition) is 1. The molecule has 1 amide bonds. The number of amides is 1. The second-order valence-electron chi connectivity index (χ2n) is 7.60. The van der Waals surface area contributed by atoms with E-state index in [1.807, 2.05) is 0 Å². The number of aliphatic hydroxyl groups excluding tert-OH is 1. The predicted octanol–water partition coefficient (Wildman–Crippen LogP) is 7.11. The largest absolute Gasteiger partial charge is 0.503 e. The topological polar surface area (TPSA) is 83.4 Å². The zero-order chi connectivity index (χ0) is 24.3. The zero-order valence-electron chi connectivity index (χ0n) is 17.6. The number of fused-ring (bicyclic) bond motifs is 1. The van der Waals surface area contributed by atoms with Gasteiger partial charge >= 0.3 is 0 Å². The van der Waals surface area contributed by atoms with Crippen LogP contribution < -0.4 is 4.90 Å². The number of halogens is 3. The molecule has 1 aliphatic heterocycles. The maximum absolute atomic E-state index is 13.6.